The summed E-state index contributed by atoms with van der Waals surface area (Å²) in [7, 11) is 1.66. The van der Waals surface area contributed by atoms with Crippen molar-refractivity contribution in [2.75, 3.05) is 56.7 Å². The van der Waals surface area contributed by atoms with E-state index in [4.69, 9.17) is 9.72 Å². The number of nitrogens with one attached hydrogen (secondary N) is 2. The molecular weight excluding hydrogens is 1780 g/mol. The minimum Gasteiger partial charge on any atom is -0.383 e. The number of anilines is 2. The van der Waals surface area contributed by atoms with Gasteiger partial charge >= 0.3 is 0 Å². The van der Waals surface area contributed by atoms with Crippen LogP contribution in [0.1, 0.15) is 132 Å². The number of thiazole rings is 4. The van der Waals surface area contributed by atoms with Crippen LogP contribution in [0.2, 0.25) is 0 Å². The topological polar surface area (TPSA) is 221 Å². The molecular formula is C106H87F7N12O5S4. The summed E-state index contributed by atoms with van der Waals surface area (Å²) in [5.74, 6) is -4.08. The second kappa shape index (κ2) is 41.8. The minimum atomic E-state index is -0.718. The van der Waals surface area contributed by atoms with Crippen molar-refractivity contribution < 1.29 is 54.6 Å². The molecule has 21 rings (SSSR count). The Morgan fingerprint density at radius 2 is 0.761 bits per heavy atom. The number of piperazine rings is 1. The number of nitrogens with zero attached hydrogens (tertiary/aromatic N) is 10. The number of Topliss-reactive ketones (excluding diaryl/α,β-unsaturated/α-hetero) is 4. The van der Waals surface area contributed by atoms with Crippen molar-refractivity contribution in [1.82, 2.24) is 50.2 Å². The number of hydrogen-bond acceptors (Lipinski definition) is 21. The van der Waals surface area contributed by atoms with Crippen LogP contribution in [0.15, 0.2) is 232 Å². The van der Waals surface area contributed by atoms with E-state index in [-0.39, 0.29) is 70.5 Å². The average Bonchev–Trinajstić information content (AvgIpc) is 1.63. The molecule has 1 fully saturated rings. The van der Waals surface area contributed by atoms with Gasteiger partial charge < -0.3 is 20.3 Å². The summed E-state index contributed by atoms with van der Waals surface area (Å²) in [5, 5.41) is 7.97. The number of hydrogen-bond donors (Lipinski definition) is 2. The van der Waals surface area contributed by atoms with Gasteiger partial charge in [0.05, 0.1) is 55.1 Å². The molecule has 5 aliphatic rings. The van der Waals surface area contributed by atoms with Crippen molar-refractivity contribution in [3.8, 4) is 86.3 Å². The van der Waals surface area contributed by atoms with E-state index in [1.165, 1.54) is 110 Å². The van der Waals surface area contributed by atoms with Crippen LogP contribution in [-0.4, -0.2) is 114 Å². The number of carbonyl (C=O) groups excluding carboxylic acids is 4. The fourth-order valence-corrected chi connectivity index (χ4v) is 21.6. The highest BCUT2D eigenvalue weighted by Crippen LogP contribution is 2.45. The molecule has 4 aliphatic carbocycles. The SMILES string of the molecule is COCCNc1ccc(-c2ccc3c(c2)-c2sc(C(=O)Cc4c(F)cccc4F)nc2CCC3)cn1.O=C(Cc1c(F)cccc1F)c1nc2c(s1)-c1cc(-c3ccc(N4CCNCC4)nc3)ccc1CCC2.O=C(Cc1ccc(F)cc1F)c1nc2c(s1)-c1cc(-c3cccnc3)ccc1CCC2.O=C(Cc1ccncc1F)c1nc2c(s1)-c1cc(-c3cccnc3)ccc1CCC2. The second-order valence-electron chi connectivity index (χ2n) is 33.1. The zero-order valence-electron chi connectivity index (χ0n) is 72.8. The Balaban J connectivity index is 0.000000120. The molecule has 0 atom stereocenters. The zero-order valence-corrected chi connectivity index (χ0v) is 76.1. The van der Waals surface area contributed by atoms with E-state index in [1.54, 1.807) is 25.6 Å². The molecule has 17 nitrogen and oxygen atoms in total. The molecule has 9 aromatic heterocycles. The normalized spacial score (nSPS) is 13.3. The number of methoxy groups -OCH3 is 1. The summed E-state index contributed by atoms with van der Waals surface area (Å²) in [6.45, 7) is 5.11. The van der Waals surface area contributed by atoms with E-state index in [0.29, 0.717) is 33.7 Å². The Labute approximate surface area is 784 Å². The Morgan fingerprint density at radius 1 is 0.373 bits per heavy atom. The Morgan fingerprint density at radius 3 is 1.13 bits per heavy atom. The monoisotopic (exact) mass is 1870 g/mol. The lowest BCUT2D eigenvalue weighted by Crippen LogP contribution is -2.43. The van der Waals surface area contributed by atoms with E-state index in [2.05, 4.69) is 140 Å². The first-order valence-electron chi connectivity index (χ1n) is 44.3. The molecule has 1 saturated heterocycles. The summed E-state index contributed by atoms with van der Waals surface area (Å²) in [6, 6.07) is 53.7. The van der Waals surface area contributed by atoms with Crippen molar-refractivity contribution in [1.29, 1.82) is 0 Å². The lowest BCUT2D eigenvalue weighted by atomic mass is 9.98. The third-order valence-corrected chi connectivity index (χ3v) is 28.9. The standard InChI is InChI=1S/C29H26F2N4OS.C28H25F2N3O2S.C25H18F2N2OS.C24H18FN3OS/c30-23-4-2-5-24(31)22(23)16-26(36)29-34-25-6-1-3-18-7-8-19(15-21(18)28(25)37-29)20-9-10-27(33-17-20)35-13-11-32-12-14-35;1-35-13-12-31-26-11-10-19(16-32-26)18-9-8-17-4-2-7-24-27(20(17)14-18)36-28(33-24)25(34)15-21-22(29)5-3-6-23(21)30;26-19-9-8-17(21(27)13-19)12-23(30)25-29-22-5-1-3-15-6-7-16(11-20(15)24(22)31-25)18-4-2-10-28-14-18;25-20-14-27-10-8-17(20)12-22(29)24-28-21-5-1-3-15-6-7-16(11-19(15)23(21)30-24)18-4-2-9-26-13-18/h2,4-5,7-10,15,17,32H,1,3,6,11-14,16H2;3,5-6,8-11,14,16H,2,4,7,12-13,15H2,1H3,(H,31,32);2,4,6-11,13-14H,1,3,5,12H2;2,4,6-11,13-14H,1,3,5,12H2. The van der Waals surface area contributed by atoms with Crippen molar-refractivity contribution in [3.05, 3.63) is 360 Å². The van der Waals surface area contributed by atoms with E-state index >= 15 is 0 Å². The molecule has 134 heavy (non-hydrogen) atoms. The van der Waals surface area contributed by atoms with Crippen molar-refractivity contribution in [2.24, 2.45) is 0 Å². The van der Waals surface area contributed by atoms with Gasteiger partial charge in [-0.3, -0.25) is 34.1 Å². The molecule has 2 N–H and O–H groups in total. The molecule has 7 aromatic carbocycles. The number of halogens is 7. The van der Waals surface area contributed by atoms with Gasteiger partial charge in [0.25, 0.3) is 0 Å². The lowest BCUT2D eigenvalue weighted by molar-refractivity contribution is 0.0982. The summed E-state index contributed by atoms with van der Waals surface area (Å²) >= 11 is 5.40. The van der Waals surface area contributed by atoms with Gasteiger partial charge in [-0.2, -0.15) is 0 Å². The van der Waals surface area contributed by atoms with Crippen LogP contribution >= 0.6 is 45.3 Å². The highest BCUT2D eigenvalue weighted by atomic mass is 32.1. The molecule has 0 amide bonds. The number of carbonyl (C=O) groups is 4. The summed E-state index contributed by atoms with van der Waals surface area (Å²) < 4.78 is 103. The van der Waals surface area contributed by atoms with E-state index < -0.39 is 40.7 Å². The van der Waals surface area contributed by atoms with E-state index in [1.807, 2.05) is 61.2 Å². The Kier molecular flexibility index (Phi) is 28.4. The maximum Gasteiger partial charge on any atom is 0.195 e. The maximum absolute atomic E-state index is 14.1. The maximum atomic E-state index is 14.1. The minimum absolute atomic E-state index is 0.0106. The summed E-state index contributed by atoms with van der Waals surface area (Å²) in [5.41, 5.74) is 21.3. The molecule has 10 heterocycles. The third kappa shape index (κ3) is 21.0. The van der Waals surface area contributed by atoms with Gasteiger partial charge in [-0.25, -0.2) is 60.6 Å². The summed E-state index contributed by atoms with van der Waals surface area (Å²) in [6.07, 6.45) is 23.4. The van der Waals surface area contributed by atoms with Crippen LogP contribution in [0.5, 0.6) is 0 Å². The Hall–Kier alpha value is -13.5. The second-order valence-corrected chi connectivity index (χ2v) is 37.1. The predicted octanol–water partition coefficient (Wildman–Crippen LogP) is 23.0. The predicted molar refractivity (Wildman–Crippen MR) is 512 cm³/mol. The van der Waals surface area contributed by atoms with Crippen LogP contribution < -0.4 is 15.5 Å². The first-order chi connectivity index (χ1) is 65.4. The number of aromatic nitrogens is 9. The van der Waals surface area contributed by atoms with Crippen molar-refractivity contribution in [2.45, 2.75) is 103 Å². The largest absolute Gasteiger partial charge is 0.383 e. The number of ether oxygens (including phenoxy) is 1. The van der Waals surface area contributed by atoms with Crippen LogP contribution in [0.4, 0.5) is 42.4 Å². The van der Waals surface area contributed by atoms with Crippen LogP contribution in [-0.2, 0) is 81.8 Å². The lowest BCUT2D eigenvalue weighted by Gasteiger charge is -2.28. The molecule has 0 radical (unpaired) electrons. The van der Waals surface area contributed by atoms with Crippen molar-refractivity contribution >= 4 is 80.1 Å². The molecule has 0 saturated carbocycles. The Bertz CT molecular complexity index is 7010. The average molecular weight is 1870 g/mol. The molecule has 0 unspecified atom stereocenters. The number of ketones is 4. The van der Waals surface area contributed by atoms with Gasteiger partial charge in [0, 0.05) is 148 Å². The molecule has 0 spiro atoms. The first kappa shape index (κ1) is 91.0. The number of pyridine rings is 5. The smallest absolute Gasteiger partial charge is 0.195 e. The van der Waals surface area contributed by atoms with Gasteiger partial charge in [0.15, 0.2) is 43.2 Å². The van der Waals surface area contributed by atoms with Crippen molar-refractivity contribution in [3.63, 3.8) is 0 Å². The van der Waals surface area contributed by atoms with Gasteiger partial charge in [-0.1, -0.05) is 78.9 Å². The fraction of sp³-hybridized carbons (Fsp3) is 0.217. The quantitative estimate of drug-likeness (QED) is 0.0388. The summed E-state index contributed by atoms with van der Waals surface area (Å²) in [4.78, 5) is 97.7. The van der Waals surface area contributed by atoms with Crippen LogP contribution in [0.25, 0.3) is 86.3 Å². The van der Waals surface area contributed by atoms with Gasteiger partial charge in [-0.15, -0.1) is 45.3 Å². The fourth-order valence-electron chi connectivity index (χ4n) is 17.2. The molecule has 674 valence electrons. The zero-order chi connectivity index (χ0) is 92.3. The van der Waals surface area contributed by atoms with Gasteiger partial charge in [0.1, 0.15) is 52.4 Å². The van der Waals surface area contributed by atoms with Crippen LogP contribution in [0, 0.1) is 40.7 Å². The number of fused-ring (bicyclic) bond motifs is 12. The number of rotatable bonds is 21. The number of benzene rings is 7. The molecule has 16 aromatic rings. The van der Waals surface area contributed by atoms with E-state index in [0.717, 1.165) is 248 Å². The number of aryl methyl sites for hydroxylation is 8. The first-order valence-corrected chi connectivity index (χ1v) is 47.6. The molecule has 0 bridgehead atoms. The highest BCUT2D eigenvalue weighted by Gasteiger charge is 2.31. The van der Waals surface area contributed by atoms with E-state index in [9.17, 15) is 49.9 Å². The van der Waals surface area contributed by atoms with Gasteiger partial charge in [-0.05, 0) is 252 Å². The van der Waals surface area contributed by atoms with Crippen LogP contribution in [0.3, 0.4) is 0 Å². The highest BCUT2D eigenvalue weighted by molar-refractivity contribution is 7.18. The molecule has 1 aliphatic heterocycles. The third-order valence-electron chi connectivity index (χ3n) is 24.2. The van der Waals surface area contributed by atoms with Gasteiger partial charge in [0.2, 0.25) is 0 Å². The molecule has 28 heteroatoms.